The molecule has 0 unspecified atom stereocenters. The average molecular weight is 269 g/mol. The molecule has 0 saturated heterocycles. The summed E-state index contributed by atoms with van der Waals surface area (Å²) < 4.78 is 0. The first-order valence-electron chi connectivity index (χ1n) is 6.40. The molecule has 0 aliphatic heterocycles. The Hall–Kier alpha value is -2.49. The maximum absolute atomic E-state index is 11.4. The van der Waals surface area contributed by atoms with Gasteiger partial charge in [0.05, 0.1) is 5.56 Å². The smallest absolute Gasteiger partial charge is 0.250 e. The molecule has 20 heavy (non-hydrogen) atoms. The summed E-state index contributed by atoms with van der Waals surface area (Å²) in [6.45, 7) is 4.12. The first-order chi connectivity index (χ1) is 9.38. The van der Waals surface area contributed by atoms with Gasteiger partial charge in [0.15, 0.2) is 0 Å². The van der Waals surface area contributed by atoms with Crippen molar-refractivity contribution in [2.45, 2.75) is 13.8 Å². The third-order valence-corrected chi connectivity index (χ3v) is 3.28. The molecule has 1 amide bonds. The van der Waals surface area contributed by atoms with Crippen molar-refractivity contribution in [3.8, 4) is 0 Å². The highest BCUT2D eigenvalue weighted by Crippen LogP contribution is 2.28. The lowest BCUT2D eigenvalue weighted by atomic mass is 10.1. The van der Waals surface area contributed by atoms with Crippen molar-refractivity contribution in [1.29, 1.82) is 0 Å². The summed E-state index contributed by atoms with van der Waals surface area (Å²) in [6.07, 6.45) is 0. The summed E-state index contributed by atoms with van der Waals surface area (Å²) in [7, 11) is 1.95. The van der Waals surface area contributed by atoms with Gasteiger partial charge in [0.1, 0.15) is 0 Å². The Kier molecular flexibility index (Phi) is 3.66. The number of amides is 1. The Morgan fingerprint density at radius 3 is 2.15 bits per heavy atom. The third-order valence-electron chi connectivity index (χ3n) is 3.28. The van der Waals surface area contributed by atoms with E-state index >= 15 is 0 Å². The lowest BCUT2D eigenvalue weighted by Gasteiger charge is -2.21. The number of carbonyl (C=O) groups excluding carboxylic acids is 1. The average Bonchev–Trinajstić information content (AvgIpc) is 2.37. The summed E-state index contributed by atoms with van der Waals surface area (Å²) in [6, 6.07) is 11.6. The van der Waals surface area contributed by atoms with E-state index in [4.69, 9.17) is 11.5 Å². The number of anilines is 3. The van der Waals surface area contributed by atoms with Crippen molar-refractivity contribution in [2.24, 2.45) is 5.73 Å². The van der Waals surface area contributed by atoms with Crippen LogP contribution in [0.4, 0.5) is 17.1 Å². The number of nitrogens with two attached hydrogens (primary N) is 2. The molecule has 2 aromatic carbocycles. The van der Waals surface area contributed by atoms with Crippen LogP contribution in [-0.2, 0) is 0 Å². The summed E-state index contributed by atoms with van der Waals surface area (Å²) in [5, 5.41) is 0. The second-order valence-electron chi connectivity index (χ2n) is 5.04. The second kappa shape index (κ2) is 5.25. The van der Waals surface area contributed by atoms with E-state index in [2.05, 4.69) is 32.0 Å². The summed E-state index contributed by atoms with van der Waals surface area (Å²) in [4.78, 5) is 13.4. The van der Waals surface area contributed by atoms with Crippen LogP contribution >= 0.6 is 0 Å². The van der Waals surface area contributed by atoms with Crippen molar-refractivity contribution in [3.05, 3.63) is 53.1 Å². The number of primary amides is 1. The molecule has 104 valence electrons. The van der Waals surface area contributed by atoms with Gasteiger partial charge in [-0.05, 0) is 55.3 Å². The number of benzene rings is 2. The number of nitrogen functional groups attached to an aromatic ring is 1. The number of hydrogen-bond acceptors (Lipinski definition) is 3. The zero-order chi connectivity index (χ0) is 14.9. The molecule has 0 heterocycles. The van der Waals surface area contributed by atoms with Crippen LogP contribution in [-0.4, -0.2) is 13.0 Å². The fourth-order valence-corrected chi connectivity index (χ4v) is 2.26. The van der Waals surface area contributed by atoms with Crippen LogP contribution in [0.3, 0.4) is 0 Å². The highest BCUT2D eigenvalue weighted by molar-refractivity contribution is 5.99. The van der Waals surface area contributed by atoms with Gasteiger partial charge in [0, 0.05) is 24.1 Å². The standard InChI is InChI=1S/C16H19N3O/c1-10-6-11(2)8-13(7-10)19(3)12-4-5-15(17)14(9-12)16(18)20/h4-9H,17H2,1-3H3,(H2,18,20). The fraction of sp³-hybridized carbons (Fsp3) is 0.188. The van der Waals surface area contributed by atoms with Crippen molar-refractivity contribution in [3.63, 3.8) is 0 Å². The molecule has 4 heteroatoms. The van der Waals surface area contributed by atoms with Gasteiger partial charge in [-0.15, -0.1) is 0 Å². The maximum atomic E-state index is 11.4. The van der Waals surface area contributed by atoms with Gasteiger partial charge in [-0.25, -0.2) is 0 Å². The van der Waals surface area contributed by atoms with E-state index in [1.165, 1.54) is 11.1 Å². The van der Waals surface area contributed by atoms with E-state index in [-0.39, 0.29) is 0 Å². The molecule has 0 aliphatic carbocycles. The molecular weight excluding hydrogens is 250 g/mol. The molecule has 4 nitrogen and oxygen atoms in total. The van der Waals surface area contributed by atoms with E-state index in [0.29, 0.717) is 11.3 Å². The molecule has 0 fully saturated rings. The van der Waals surface area contributed by atoms with E-state index in [0.717, 1.165) is 11.4 Å². The quantitative estimate of drug-likeness (QED) is 0.841. The van der Waals surface area contributed by atoms with Gasteiger partial charge in [-0.1, -0.05) is 6.07 Å². The van der Waals surface area contributed by atoms with Crippen molar-refractivity contribution in [2.75, 3.05) is 17.7 Å². The first-order valence-corrected chi connectivity index (χ1v) is 6.40. The monoisotopic (exact) mass is 269 g/mol. The van der Waals surface area contributed by atoms with Crippen LogP contribution in [0.5, 0.6) is 0 Å². The molecule has 2 rings (SSSR count). The van der Waals surface area contributed by atoms with Gasteiger partial charge in [0.2, 0.25) is 0 Å². The van der Waals surface area contributed by atoms with Crippen LogP contribution in [0.1, 0.15) is 21.5 Å². The molecule has 0 bridgehead atoms. The molecule has 0 aliphatic rings. The van der Waals surface area contributed by atoms with E-state index in [9.17, 15) is 4.79 Å². The largest absolute Gasteiger partial charge is 0.398 e. The highest BCUT2D eigenvalue weighted by Gasteiger charge is 2.10. The van der Waals surface area contributed by atoms with E-state index in [1.54, 1.807) is 12.1 Å². The lowest BCUT2D eigenvalue weighted by Crippen LogP contribution is -2.16. The Balaban J connectivity index is 2.45. The first kappa shape index (κ1) is 13.9. The summed E-state index contributed by atoms with van der Waals surface area (Å²) in [5.74, 6) is -0.516. The van der Waals surface area contributed by atoms with Crippen molar-refractivity contribution in [1.82, 2.24) is 0 Å². The molecule has 2 aromatic rings. The Bertz CT molecular complexity index is 645. The predicted octanol–water partition coefficient (Wildman–Crippen LogP) is 2.75. The molecule has 0 atom stereocenters. The Morgan fingerprint density at radius 1 is 1.00 bits per heavy atom. The zero-order valence-corrected chi connectivity index (χ0v) is 12.0. The van der Waals surface area contributed by atoms with Gasteiger partial charge >= 0.3 is 0 Å². The molecule has 0 saturated carbocycles. The highest BCUT2D eigenvalue weighted by atomic mass is 16.1. The number of carbonyl (C=O) groups is 1. The number of rotatable bonds is 3. The van der Waals surface area contributed by atoms with Gasteiger partial charge < -0.3 is 16.4 Å². The minimum absolute atomic E-state index is 0.346. The van der Waals surface area contributed by atoms with Crippen LogP contribution < -0.4 is 16.4 Å². The van der Waals surface area contributed by atoms with E-state index < -0.39 is 5.91 Å². The summed E-state index contributed by atoms with van der Waals surface area (Å²) in [5.41, 5.74) is 16.2. The topological polar surface area (TPSA) is 72.3 Å². The fourth-order valence-electron chi connectivity index (χ4n) is 2.26. The Labute approximate surface area is 119 Å². The number of hydrogen-bond donors (Lipinski definition) is 2. The minimum atomic E-state index is -0.516. The van der Waals surface area contributed by atoms with Gasteiger partial charge in [0.25, 0.3) is 5.91 Å². The van der Waals surface area contributed by atoms with Gasteiger partial charge in [-0.2, -0.15) is 0 Å². The number of aryl methyl sites for hydroxylation is 2. The maximum Gasteiger partial charge on any atom is 0.250 e. The zero-order valence-electron chi connectivity index (χ0n) is 12.0. The molecular formula is C16H19N3O. The lowest BCUT2D eigenvalue weighted by molar-refractivity contribution is 0.100. The summed E-state index contributed by atoms with van der Waals surface area (Å²) >= 11 is 0. The van der Waals surface area contributed by atoms with Crippen molar-refractivity contribution >= 4 is 23.0 Å². The van der Waals surface area contributed by atoms with Gasteiger partial charge in [-0.3, -0.25) is 4.79 Å². The van der Waals surface area contributed by atoms with Crippen LogP contribution in [0.2, 0.25) is 0 Å². The molecule has 0 radical (unpaired) electrons. The minimum Gasteiger partial charge on any atom is -0.398 e. The van der Waals surface area contributed by atoms with Crippen molar-refractivity contribution < 1.29 is 4.79 Å². The third kappa shape index (κ3) is 2.74. The van der Waals surface area contributed by atoms with Crippen LogP contribution in [0.25, 0.3) is 0 Å². The molecule has 4 N–H and O–H groups in total. The van der Waals surface area contributed by atoms with Crippen LogP contribution in [0.15, 0.2) is 36.4 Å². The van der Waals surface area contributed by atoms with E-state index in [1.807, 2.05) is 18.0 Å². The second-order valence-corrected chi connectivity index (χ2v) is 5.04. The Morgan fingerprint density at radius 2 is 1.60 bits per heavy atom. The normalized spacial score (nSPS) is 10.3. The number of nitrogens with zero attached hydrogens (tertiary/aromatic N) is 1. The van der Waals surface area contributed by atoms with Crippen LogP contribution in [0, 0.1) is 13.8 Å². The molecule has 0 aromatic heterocycles. The SMILES string of the molecule is Cc1cc(C)cc(N(C)c2ccc(N)c(C(N)=O)c2)c1. The predicted molar refractivity (Wildman–Crippen MR) is 83.4 cm³/mol. The molecule has 0 spiro atoms.